The van der Waals surface area contributed by atoms with Crippen LogP contribution >= 0.6 is 0 Å². The van der Waals surface area contributed by atoms with Crippen molar-refractivity contribution in [3.05, 3.63) is 64.5 Å². The van der Waals surface area contributed by atoms with Crippen LogP contribution in [0, 0.1) is 18.7 Å². The van der Waals surface area contributed by atoms with Crippen molar-refractivity contribution in [3.63, 3.8) is 0 Å². The summed E-state index contributed by atoms with van der Waals surface area (Å²) in [4.78, 5) is 25.4. The molecule has 0 aliphatic carbocycles. The van der Waals surface area contributed by atoms with Gasteiger partial charge in [0.1, 0.15) is 18.5 Å². The largest absolute Gasteiger partial charge is 0.491 e. The van der Waals surface area contributed by atoms with Gasteiger partial charge in [0.05, 0.1) is 6.61 Å². The van der Waals surface area contributed by atoms with Crippen molar-refractivity contribution in [2.24, 2.45) is 5.92 Å². The predicted octanol–water partition coefficient (Wildman–Crippen LogP) is 1.85. The zero-order chi connectivity index (χ0) is 21.1. The van der Waals surface area contributed by atoms with Crippen molar-refractivity contribution in [1.29, 1.82) is 0 Å². The first-order valence-corrected chi connectivity index (χ1v) is 9.41. The monoisotopic (exact) mass is 399 g/mol. The lowest BCUT2D eigenvalue weighted by atomic mass is 9.78. The van der Waals surface area contributed by atoms with E-state index in [2.05, 4.69) is 5.32 Å². The van der Waals surface area contributed by atoms with Crippen LogP contribution in [0.15, 0.2) is 36.4 Å². The van der Waals surface area contributed by atoms with Crippen molar-refractivity contribution in [2.75, 3.05) is 0 Å². The molecule has 1 atom stereocenters. The standard InChI is InChI=1S/C21H23BFNO5/c1-12(2)19(21(26)28-10-14-4-6-16(23)7-5-14)24-20(25)17-9-18-15(8-13(17)3)11-29-22(18)27/h4-9,12,19,27H,10-11H2,1-3H3,(H,24,25)/t19-/m0/s1. The lowest BCUT2D eigenvalue weighted by Crippen LogP contribution is -2.45. The van der Waals surface area contributed by atoms with E-state index in [1.807, 2.05) is 0 Å². The van der Waals surface area contributed by atoms with Gasteiger partial charge in [-0.15, -0.1) is 0 Å². The van der Waals surface area contributed by atoms with E-state index in [1.54, 1.807) is 32.9 Å². The Morgan fingerprint density at radius 2 is 1.97 bits per heavy atom. The topological polar surface area (TPSA) is 84.9 Å². The van der Waals surface area contributed by atoms with Crippen LogP contribution in [-0.2, 0) is 27.4 Å². The predicted molar refractivity (Wildman–Crippen MR) is 106 cm³/mol. The molecule has 2 N–H and O–H groups in total. The van der Waals surface area contributed by atoms with E-state index in [0.717, 1.165) is 11.1 Å². The van der Waals surface area contributed by atoms with Gasteiger partial charge in [0.2, 0.25) is 0 Å². The van der Waals surface area contributed by atoms with Gasteiger partial charge in [-0.3, -0.25) is 4.79 Å². The minimum Gasteiger partial charge on any atom is -0.459 e. The number of hydrogen-bond acceptors (Lipinski definition) is 5. The van der Waals surface area contributed by atoms with Gasteiger partial charge in [-0.2, -0.15) is 0 Å². The summed E-state index contributed by atoms with van der Waals surface area (Å²) in [6, 6.07) is 8.20. The second-order valence-corrected chi connectivity index (χ2v) is 7.46. The number of rotatable bonds is 6. The van der Waals surface area contributed by atoms with Crippen molar-refractivity contribution in [3.8, 4) is 0 Å². The Bertz CT molecular complexity index is 916. The number of fused-ring (bicyclic) bond motifs is 1. The molecule has 6 nitrogen and oxygen atoms in total. The van der Waals surface area contributed by atoms with Crippen molar-refractivity contribution in [1.82, 2.24) is 5.32 Å². The molecule has 2 aromatic carbocycles. The number of hydrogen-bond donors (Lipinski definition) is 2. The number of amides is 1. The quantitative estimate of drug-likeness (QED) is 0.572. The van der Waals surface area contributed by atoms with E-state index < -0.39 is 25.0 Å². The van der Waals surface area contributed by atoms with E-state index in [0.29, 0.717) is 23.2 Å². The van der Waals surface area contributed by atoms with E-state index in [4.69, 9.17) is 9.39 Å². The number of aryl methyl sites for hydroxylation is 1. The molecule has 0 spiro atoms. The highest BCUT2D eigenvalue weighted by atomic mass is 19.1. The summed E-state index contributed by atoms with van der Waals surface area (Å²) in [7, 11) is -1.06. The smallest absolute Gasteiger partial charge is 0.459 e. The molecule has 0 unspecified atom stereocenters. The molecule has 1 heterocycles. The molecule has 8 heteroatoms. The van der Waals surface area contributed by atoms with Gasteiger partial charge in [-0.25, -0.2) is 9.18 Å². The van der Waals surface area contributed by atoms with E-state index >= 15 is 0 Å². The Hall–Kier alpha value is -2.71. The maximum Gasteiger partial charge on any atom is 0.491 e. The van der Waals surface area contributed by atoms with Crippen LogP contribution in [-0.4, -0.2) is 30.1 Å². The molecule has 0 saturated carbocycles. The Kier molecular flexibility index (Phi) is 6.34. The number of carbonyl (C=O) groups is 2. The van der Waals surface area contributed by atoms with Gasteiger partial charge < -0.3 is 19.7 Å². The highest BCUT2D eigenvalue weighted by molar-refractivity contribution is 6.61. The number of carbonyl (C=O) groups excluding carboxylic acids is 2. The SMILES string of the molecule is Cc1cc2c(cc1C(=O)N[C@H](C(=O)OCc1ccc(F)cc1)C(C)C)B(O)OC2. The van der Waals surface area contributed by atoms with E-state index in [9.17, 15) is 19.0 Å². The molecule has 1 aliphatic heterocycles. The molecule has 3 rings (SSSR count). The Morgan fingerprint density at radius 3 is 2.62 bits per heavy atom. The fourth-order valence-corrected chi connectivity index (χ4v) is 3.18. The molecule has 152 valence electrons. The fraction of sp³-hybridized carbons (Fsp3) is 0.333. The molecule has 0 radical (unpaired) electrons. The van der Waals surface area contributed by atoms with Crippen LogP contribution in [0.4, 0.5) is 4.39 Å². The molecule has 29 heavy (non-hydrogen) atoms. The van der Waals surface area contributed by atoms with Crippen molar-refractivity contribution >= 4 is 24.5 Å². The lowest BCUT2D eigenvalue weighted by Gasteiger charge is -2.21. The maximum atomic E-state index is 13.0. The van der Waals surface area contributed by atoms with Crippen molar-refractivity contribution < 1.29 is 28.4 Å². The van der Waals surface area contributed by atoms with E-state index in [-0.39, 0.29) is 18.3 Å². The molecule has 1 aliphatic rings. The summed E-state index contributed by atoms with van der Waals surface area (Å²) in [5.41, 5.74) is 3.13. The van der Waals surface area contributed by atoms with Gasteiger partial charge in [0, 0.05) is 5.56 Å². The molecular weight excluding hydrogens is 376 g/mol. The first kappa shape index (κ1) is 21.0. The van der Waals surface area contributed by atoms with Crippen LogP contribution in [0.5, 0.6) is 0 Å². The zero-order valence-electron chi connectivity index (χ0n) is 16.6. The highest BCUT2D eigenvalue weighted by Gasteiger charge is 2.31. The Morgan fingerprint density at radius 1 is 1.28 bits per heavy atom. The third-order valence-electron chi connectivity index (χ3n) is 4.90. The average molecular weight is 399 g/mol. The van der Waals surface area contributed by atoms with E-state index in [1.165, 1.54) is 24.3 Å². The first-order chi connectivity index (χ1) is 13.8. The van der Waals surface area contributed by atoms with Crippen LogP contribution in [0.1, 0.15) is 40.9 Å². The van der Waals surface area contributed by atoms with Gasteiger partial charge in [-0.1, -0.05) is 32.0 Å². The Balaban J connectivity index is 1.70. The van der Waals surface area contributed by atoms with Gasteiger partial charge in [0.15, 0.2) is 0 Å². The summed E-state index contributed by atoms with van der Waals surface area (Å²) in [5.74, 6) is -1.57. The van der Waals surface area contributed by atoms with Crippen molar-refractivity contribution in [2.45, 2.75) is 40.0 Å². The van der Waals surface area contributed by atoms with Crippen LogP contribution < -0.4 is 10.8 Å². The van der Waals surface area contributed by atoms with Gasteiger partial charge in [-0.05, 0) is 53.2 Å². The third kappa shape index (κ3) is 4.83. The minimum absolute atomic E-state index is 0.0143. The summed E-state index contributed by atoms with van der Waals surface area (Å²) >= 11 is 0. The summed E-state index contributed by atoms with van der Waals surface area (Å²) in [6.07, 6.45) is 0. The summed E-state index contributed by atoms with van der Waals surface area (Å²) in [6.45, 7) is 5.68. The maximum absolute atomic E-state index is 13.0. The summed E-state index contributed by atoms with van der Waals surface area (Å²) in [5, 5.41) is 12.6. The van der Waals surface area contributed by atoms with Crippen LogP contribution in [0.3, 0.4) is 0 Å². The van der Waals surface area contributed by atoms with Crippen LogP contribution in [0.25, 0.3) is 0 Å². The lowest BCUT2D eigenvalue weighted by molar-refractivity contribution is -0.148. The molecule has 0 aromatic heterocycles. The molecule has 2 aromatic rings. The third-order valence-corrected chi connectivity index (χ3v) is 4.90. The highest BCUT2D eigenvalue weighted by Crippen LogP contribution is 2.17. The zero-order valence-corrected chi connectivity index (χ0v) is 16.6. The first-order valence-electron chi connectivity index (χ1n) is 9.41. The fourth-order valence-electron chi connectivity index (χ4n) is 3.18. The average Bonchev–Trinajstić information content (AvgIpc) is 3.04. The normalized spacial score (nSPS) is 13.9. The molecular formula is C21H23BFNO5. The van der Waals surface area contributed by atoms with Gasteiger partial charge >= 0.3 is 13.1 Å². The summed E-state index contributed by atoms with van der Waals surface area (Å²) < 4.78 is 23.5. The second-order valence-electron chi connectivity index (χ2n) is 7.46. The number of benzene rings is 2. The number of halogens is 1. The number of nitrogens with one attached hydrogen (secondary N) is 1. The number of ether oxygens (including phenoxy) is 1. The second kappa shape index (κ2) is 8.76. The molecule has 0 fully saturated rings. The molecule has 1 amide bonds. The number of esters is 1. The molecule has 0 bridgehead atoms. The Labute approximate surface area is 169 Å². The van der Waals surface area contributed by atoms with Crippen LogP contribution in [0.2, 0.25) is 0 Å². The molecule has 0 saturated heterocycles. The van der Waals surface area contributed by atoms with Gasteiger partial charge in [0.25, 0.3) is 5.91 Å². The minimum atomic E-state index is -1.06.